The van der Waals surface area contributed by atoms with E-state index in [0.29, 0.717) is 24.3 Å². The van der Waals surface area contributed by atoms with Gasteiger partial charge in [-0.2, -0.15) is 9.36 Å². The molecule has 1 fully saturated rings. The first kappa shape index (κ1) is 7.94. The topological polar surface area (TPSA) is 61.0 Å². The van der Waals surface area contributed by atoms with Crippen LogP contribution in [-0.2, 0) is 0 Å². The van der Waals surface area contributed by atoms with Gasteiger partial charge in [-0.25, -0.2) is 0 Å². The van der Waals surface area contributed by atoms with Gasteiger partial charge >= 0.3 is 0 Å². The van der Waals surface area contributed by atoms with Gasteiger partial charge in [-0.1, -0.05) is 0 Å². The highest BCUT2D eigenvalue weighted by Crippen LogP contribution is 2.39. The molecule has 0 unspecified atom stereocenters. The average Bonchev–Trinajstić information content (AvgIpc) is 2.83. The van der Waals surface area contributed by atoms with Crippen molar-refractivity contribution in [1.29, 1.82) is 0 Å². The average molecular weight is 185 g/mol. The summed E-state index contributed by atoms with van der Waals surface area (Å²) < 4.78 is 9.43. The summed E-state index contributed by atoms with van der Waals surface area (Å²) in [6.45, 7) is 1.05. The molecule has 4 nitrogen and oxygen atoms in total. The van der Waals surface area contributed by atoms with Gasteiger partial charge in [0.1, 0.15) is 12.4 Å². The fraction of sp³-hybridized carbons (Fsp3) is 0.714. The van der Waals surface area contributed by atoms with Gasteiger partial charge in [0, 0.05) is 24.0 Å². The van der Waals surface area contributed by atoms with E-state index in [0.717, 1.165) is 5.82 Å². The molecule has 0 radical (unpaired) electrons. The second kappa shape index (κ2) is 3.37. The Morgan fingerprint density at radius 3 is 3.08 bits per heavy atom. The van der Waals surface area contributed by atoms with Crippen molar-refractivity contribution < 1.29 is 4.74 Å². The molecule has 0 aromatic carbocycles. The Labute approximate surface area is 74.9 Å². The van der Waals surface area contributed by atoms with Crippen molar-refractivity contribution >= 4 is 11.5 Å². The summed E-state index contributed by atoms with van der Waals surface area (Å²) in [5, 5.41) is 0.655. The van der Waals surface area contributed by atoms with E-state index in [9.17, 15) is 0 Å². The van der Waals surface area contributed by atoms with Gasteiger partial charge in [-0.15, -0.1) is 0 Å². The summed E-state index contributed by atoms with van der Waals surface area (Å²) >= 11 is 1.32. The van der Waals surface area contributed by atoms with Crippen molar-refractivity contribution in [2.45, 2.75) is 18.8 Å². The SMILES string of the molecule is NCCOc1nc(C2CC2)ns1. The van der Waals surface area contributed by atoms with Gasteiger partial charge < -0.3 is 10.5 Å². The fourth-order valence-electron chi connectivity index (χ4n) is 0.932. The van der Waals surface area contributed by atoms with Crippen molar-refractivity contribution in [2.24, 2.45) is 5.73 Å². The van der Waals surface area contributed by atoms with Crippen LogP contribution in [0.25, 0.3) is 0 Å². The molecule has 1 aliphatic carbocycles. The van der Waals surface area contributed by atoms with Crippen molar-refractivity contribution in [3.63, 3.8) is 0 Å². The normalized spacial score (nSPS) is 16.4. The van der Waals surface area contributed by atoms with Crippen molar-refractivity contribution in [2.75, 3.05) is 13.2 Å². The number of hydrogen-bond donors (Lipinski definition) is 1. The minimum atomic E-state index is 0.526. The van der Waals surface area contributed by atoms with Gasteiger partial charge in [-0.05, 0) is 12.8 Å². The number of hydrogen-bond acceptors (Lipinski definition) is 5. The molecular formula is C7H11N3OS. The zero-order valence-corrected chi connectivity index (χ0v) is 7.51. The zero-order chi connectivity index (χ0) is 8.39. The van der Waals surface area contributed by atoms with Crippen LogP contribution in [0.4, 0.5) is 0 Å². The molecule has 2 N–H and O–H groups in total. The third-order valence-corrected chi connectivity index (χ3v) is 2.35. The van der Waals surface area contributed by atoms with E-state index in [1.807, 2.05) is 0 Å². The quantitative estimate of drug-likeness (QED) is 0.752. The molecule has 0 spiro atoms. The van der Waals surface area contributed by atoms with Crippen LogP contribution in [0.2, 0.25) is 0 Å². The number of nitrogens with zero attached hydrogens (tertiary/aromatic N) is 2. The van der Waals surface area contributed by atoms with E-state index in [4.69, 9.17) is 10.5 Å². The van der Waals surface area contributed by atoms with Crippen LogP contribution in [0.1, 0.15) is 24.6 Å². The summed E-state index contributed by atoms with van der Waals surface area (Å²) in [5.41, 5.74) is 5.29. The van der Waals surface area contributed by atoms with Crippen LogP contribution in [0, 0.1) is 0 Å². The molecule has 1 aromatic heterocycles. The third kappa shape index (κ3) is 1.73. The maximum absolute atomic E-state index is 5.29. The Morgan fingerprint density at radius 1 is 1.58 bits per heavy atom. The Morgan fingerprint density at radius 2 is 2.42 bits per heavy atom. The summed E-state index contributed by atoms with van der Waals surface area (Å²) in [7, 11) is 0. The molecular weight excluding hydrogens is 174 g/mol. The monoisotopic (exact) mass is 185 g/mol. The van der Waals surface area contributed by atoms with Crippen LogP contribution in [0.3, 0.4) is 0 Å². The molecule has 1 aromatic rings. The lowest BCUT2D eigenvalue weighted by Gasteiger charge is -1.95. The van der Waals surface area contributed by atoms with E-state index in [1.165, 1.54) is 24.4 Å². The van der Waals surface area contributed by atoms with Gasteiger partial charge in [0.2, 0.25) is 0 Å². The Hall–Kier alpha value is -0.680. The first-order valence-electron chi connectivity index (χ1n) is 4.06. The summed E-state index contributed by atoms with van der Waals surface area (Å²) in [5.74, 6) is 1.56. The fourth-order valence-corrected chi connectivity index (χ4v) is 1.56. The molecule has 0 aliphatic heterocycles. The molecule has 1 saturated carbocycles. The molecule has 2 rings (SSSR count). The molecule has 1 aliphatic rings. The molecule has 0 atom stereocenters. The van der Waals surface area contributed by atoms with Crippen LogP contribution in [-0.4, -0.2) is 22.5 Å². The highest BCUT2D eigenvalue weighted by Gasteiger charge is 2.27. The van der Waals surface area contributed by atoms with Gasteiger partial charge in [0.15, 0.2) is 0 Å². The molecule has 12 heavy (non-hydrogen) atoms. The summed E-state index contributed by atoms with van der Waals surface area (Å²) in [6, 6.07) is 0. The molecule has 0 amide bonds. The first-order chi connectivity index (χ1) is 5.90. The van der Waals surface area contributed by atoms with Crippen LogP contribution in [0.15, 0.2) is 0 Å². The van der Waals surface area contributed by atoms with Gasteiger partial charge in [0.25, 0.3) is 5.19 Å². The molecule has 0 saturated heterocycles. The number of ether oxygens (including phenoxy) is 1. The first-order valence-corrected chi connectivity index (χ1v) is 4.84. The minimum absolute atomic E-state index is 0.526. The van der Waals surface area contributed by atoms with E-state index >= 15 is 0 Å². The lowest BCUT2D eigenvalue weighted by molar-refractivity contribution is 0.326. The molecule has 5 heteroatoms. The second-order valence-corrected chi connectivity index (χ2v) is 3.54. The Bertz CT molecular complexity index is 259. The van der Waals surface area contributed by atoms with E-state index in [1.54, 1.807) is 0 Å². The predicted molar refractivity (Wildman–Crippen MR) is 46.4 cm³/mol. The van der Waals surface area contributed by atoms with E-state index in [-0.39, 0.29) is 0 Å². The lowest BCUT2D eigenvalue weighted by atomic mass is 10.4. The maximum Gasteiger partial charge on any atom is 0.293 e. The number of aromatic nitrogens is 2. The Kier molecular flexibility index (Phi) is 2.23. The number of nitrogens with two attached hydrogens (primary N) is 1. The van der Waals surface area contributed by atoms with Crippen LogP contribution < -0.4 is 10.5 Å². The Balaban J connectivity index is 1.93. The van der Waals surface area contributed by atoms with Crippen molar-refractivity contribution in [1.82, 2.24) is 9.36 Å². The predicted octanol–water partition coefficient (Wildman–Crippen LogP) is 0.753. The van der Waals surface area contributed by atoms with Gasteiger partial charge in [-0.3, -0.25) is 0 Å². The maximum atomic E-state index is 5.29. The molecule has 0 bridgehead atoms. The highest BCUT2D eigenvalue weighted by molar-refractivity contribution is 7.07. The minimum Gasteiger partial charge on any atom is -0.468 e. The summed E-state index contributed by atoms with van der Waals surface area (Å²) in [6.07, 6.45) is 2.46. The third-order valence-electron chi connectivity index (χ3n) is 1.71. The largest absolute Gasteiger partial charge is 0.468 e. The van der Waals surface area contributed by atoms with Crippen LogP contribution in [0.5, 0.6) is 5.19 Å². The highest BCUT2D eigenvalue weighted by atomic mass is 32.1. The molecule has 1 heterocycles. The van der Waals surface area contributed by atoms with Crippen molar-refractivity contribution in [3.05, 3.63) is 5.82 Å². The number of rotatable bonds is 4. The second-order valence-electron chi connectivity index (χ2n) is 2.83. The van der Waals surface area contributed by atoms with E-state index in [2.05, 4.69) is 9.36 Å². The summed E-state index contributed by atoms with van der Waals surface area (Å²) in [4.78, 5) is 4.24. The van der Waals surface area contributed by atoms with Crippen LogP contribution >= 0.6 is 11.5 Å². The van der Waals surface area contributed by atoms with E-state index < -0.39 is 0 Å². The smallest absolute Gasteiger partial charge is 0.293 e. The molecule has 66 valence electrons. The zero-order valence-electron chi connectivity index (χ0n) is 6.69. The standard InChI is InChI=1S/C7H11N3OS/c8-3-4-11-7-9-6(10-12-7)5-1-2-5/h5H,1-4,8H2. The van der Waals surface area contributed by atoms with Crippen molar-refractivity contribution in [3.8, 4) is 5.19 Å². The van der Waals surface area contributed by atoms with Gasteiger partial charge in [0.05, 0.1) is 0 Å². The lowest BCUT2D eigenvalue weighted by Crippen LogP contribution is -2.10.